The van der Waals surface area contributed by atoms with Crippen LogP contribution in [0.1, 0.15) is 22.6 Å². The molecule has 1 heterocycles. The van der Waals surface area contributed by atoms with Gasteiger partial charge >= 0.3 is 6.18 Å². The summed E-state index contributed by atoms with van der Waals surface area (Å²) in [6, 6.07) is 6.73. The van der Waals surface area contributed by atoms with Crippen LogP contribution in [-0.2, 0) is 12.6 Å². The predicted molar refractivity (Wildman–Crippen MR) is 72.1 cm³/mol. The largest absolute Gasteiger partial charge is 0.449 e. The Kier molecular flexibility index (Phi) is 3.13. The molecular weight excluding hydrogens is 305 g/mol. The number of hydrogen-bond acceptors (Lipinski definition) is 2. The van der Waals surface area contributed by atoms with Gasteiger partial charge in [-0.1, -0.05) is 29.8 Å². The first-order valence-corrected chi connectivity index (χ1v) is 6.41. The van der Waals surface area contributed by atoms with Crippen LogP contribution >= 0.6 is 11.6 Å². The lowest BCUT2D eigenvalue weighted by molar-refractivity contribution is -0.145. The van der Waals surface area contributed by atoms with Crippen LogP contribution in [-0.4, -0.2) is 9.97 Å². The molecule has 0 aliphatic heterocycles. The van der Waals surface area contributed by atoms with Crippen LogP contribution in [0.15, 0.2) is 35.1 Å². The van der Waals surface area contributed by atoms with E-state index in [0.717, 1.165) is 0 Å². The summed E-state index contributed by atoms with van der Waals surface area (Å²) in [5.41, 5.74) is 0.821. The van der Waals surface area contributed by atoms with Crippen LogP contribution in [0.3, 0.4) is 0 Å². The van der Waals surface area contributed by atoms with Gasteiger partial charge in [-0.05, 0) is 23.3 Å². The van der Waals surface area contributed by atoms with E-state index >= 15 is 0 Å². The van der Waals surface area contributed by atoms with E-state index in [1.54, 1.807) is 35.3 Å². The summed E-state index contributed by atoms with van der Waals surface area (Å²) in [7, 11) is 0. The molecule has 1 aliphatic rings. The number of alkyl halides is 3. The third-order valence-electron chi connectivity index (χ3n) is 3.19. The summed E-state index contributed by atoms with van der Waals surface area (Å²) in [5.74, 6) is -1.27. The fourth-order valence-electron chi connectivity index (χ4n) is 2.27. The summed E-state index contributed by atoms with van der Waals surface area (Å²) in [6.07, 6.45) is -2.78. The molecule has 0 radical (unpaired) electrons. The maximum atomic E-state index is 12.6. The highest BCUT2D eigenvalue weighted by Gasteiger charge is 2.36. The maximum absolute atomic E-state index is 12.6. The van der Waals surface area contributed by atoms with Gasteiger partial charge in [-0.3, -0.25) is 4.79 Å². The van der Waals surface area contributed by atoms with Gasteiger partial charge in [0.2, 0.25) is 5.82 Å². The first-order valence-electron chi connectivity index (χ1n) is 6.03. The summed E-state index contributed by atoms with van der Waals surface area (Å²) in [6.45, 7) is 0. The minimum absolute atomic E-state index is 0.135. The normalized spacial score (nSPS) is 14.0. The van der Waals surface area contributed by atoms with E-state index in [-0.39, 0.29) is 17.7 Å². The average molecular weight is 313 g/mol. The zero-order valence-electron chi connectivity index (χ0n) is 10.5. The van der Waals surface area contributed by atoms with Gasteiger partial charge in [-0.25, -0.2) is 4.98 Å². The van der Waals surface area contributed by atoms with Crippen molar-refractivity contribution in [2.45, 2.75) is 12.6 Å². The van der Waals surface area contributed by atoms with E-state index in [9.17, 15) is 18.0 Å². The first kappa shape index (κ1) is 13.9. The number of hydrogen-bond donors (Lipinski definition) is 1. The van der Waals surface area contributed by atoms with Crippen molar-refractivity contribution in [3.63, 3.8) is 0 Å². The Labute approximate surface area is 122 Å². The highest BCUT2D eigenvalue weighted by molar-refractivity contribution is 6.30. The molecule has 0 spiro atoms. The molecular formula is C14H8ClF3N2O. The monoisotopic (exact) mass is 312 g/mol. The van der Waals surface area contributed by atoms with Crippen molar-refractivity contribution in [3.8, 4) is 0 Å². The van der Waals surface area contributed by atoms with Crippen LogP contribution in [0, 0.1) is 0 Å². The highest BCUT2D eigenvalue weighted by Crippen LogP contribution is 2.32. The summed E-state index contributed by atoms with van der Waals surface area (Å²) in [4.78, 5) is 17.3. The molecule has 0 bridgehead atoms. The number of rotatable bonds is 1. The zero-order valence-corrected chi connectivity index (χ0v) is 11.2. The molecule has 0 atom stereocenters. The number of nitrogens with zero attached hydrogens (tertiary/aromatic N) is 1. The van der Waals surface area contributed by atoms with E-state index in [1.807, 2.05) is 0 Å². The van der Waals surface area contributed by atoms with Crippen molar-refractivity contribution in [2.75, 3.05) is 0 Å². The standard InChI is InChI=1S/C14H8ClF3N2O/c15-8-3-1-7(2-4-8)9-5-6-10-11(9)12(21)20-13(19-10)14(16,17)18/h1-5H,6H2,(H,19,20,21). The van der Waals surface area contributed by atoms with Gasteiger partial charge in [0, 0.05) is 11.4 Å². The van der Waals surface area contributed by atoms with Crippen molar-refractivity contribution in [2.24, 2.45) is 0 Å². The van der Waals surface area contributed by atoms with Crippen LogP contribution in [0.5, 0.6) is 0 Å². The number of aromatic amines is 1. The molecule has 1 aromatic heterocycles. The Balaban J connectivity index is 2.10. The molecule has 0 unspecified atom stereocenters. The van der Waals surface area contributed by atoms with Gasteiger partial charge in [0.05, 0.1) is 11.3 Å². The SMILES string of the molecule is O=c1[nH]c(C(F)(F)F)nc2c1C(c1ccc(Cl)cc1)=CC2. The second-order valence-corrected chi connectivity index (χ2v) is 5.00. The molecule has 21 heavy (non-hydrogen) atoms. The second kappa shape index (κ2) is 4.73. The fraction of sp³-hybridized carbons (Fsp3) is 0.143. The molecule has 0 saturated heterocycles. The molecule has 1 aromatic carbocycles. The number of nitrogens with one attached hydrogen (secondary N) is 1. The van der Waals surface area contributed by atoms with Crippen molar-refractivity contribution in [1.82, 2.24) is 9.97 Å². The molecule has 0 fully saturated rings. The minimum atomic E-state index is -4.67. The van der Waals surface area contributed by atoms with Crippen molar-refractivity contribution < 1.29 is 13.2 Å². The number of benzene rings is 1. The van der Waals surface area contributed by atoms with E-state index < -0.39 is 17.6 Å². The molecule has 3 rings (SSSR count). The number of H-pyrrole nitrogens is 1. The Morgan fingerprint density at radius 3 is 2.48 bits per heavy atom. The van der Waals surface area contributed by atoms with Gasteiger partial charge < -0.3 is 4.98 Å². The van der Waals surface area contributed by atoms with E-state index in [1.165, 1.54) is 0 Å². The summed E-state index contributed by atoms with van der Waals surface area (Å²) < 4.78 is 37.9. The molecule has 0 saturated carbocycles. The third-order valence-corrected chi connectivity index (χ3v) is 3.44. The molecule has 3 nitrogen and oxygen atoms in total. The smallest absolute Gasteiger partial charge is 0.302 e. The van der Waals surface area contributed by atoms with Crippen LogP contribution in [0.25, 0.3) is 5.57 Å². The predicted octanol–water partition coefficient (Wildman–Crippen LogP) is 3.43. The van der Waals surface area contributed by atoms with Crippen LogP contribution in [0.2, 0.25) is 5.02 Å². The molecule has 108 valence electrons. The van der Waals surface area contributed by atoms with E-state index in [2.05, 4.69) is 4.98 Å². The molecule has 1 N–H and O–H groups in total. The first-order chi connectivity index (χ1) is 9.86. The lowest BCUT2D eigenvalue weighted by atomic mass is 10.0. The Morgan fingerprint density at radius 2 is 1.86 bits per heavy atom. The minimum Gasteiger partial charge on any atom is -0.302 e. The number of halogens is 4. The van der Waals surface area contributed by atoms with E-state index in [4.69, 9.17) is 11.6 Å². The van der Waals surface area contributed by atoms with Crippen molar-refractivity contribution >= 4 is 17.2 Å². The number of aromatic nitrogens is 2. The number of allylic oxidation sites excluding steroid dienone is 1. The van der Waals surface area contributed by atoms with E-state index in [0.29, 0.717) is 16.2 Å². The van der Waals surface area contributed by atoms with Gasteiger partial charge in [-0.2, -0.15) is 13.2 Å². The van der Waals surface area contributed by atoms with Crippen molar-refractivity contribution in [3.05, 3.63) is 68.4 Å². The van der Waals surface area contributed by atoms with Crippen LogP contribution < -0.4 is 5.56 Å². The lowest BCUT2D eigenvalue weighted by Crippen LogP contribution is -2.23. The quantitative estimate of drug-likeness (QED) is 0.877. The second-order valence-electron chi connectivity index (χ2n) is 4.56. The molecule has 0 amide bonds. The zero-order chi connectivity index (χ0) is 15.2. The van der Waals surface area contributed by atoms with Crippen LogP contribution in [0.4, 0.5) is 13.2 Å². The Hall–Kier alpha value is -2.08. The summed E-state index contributed by atoms with van der Waals surface area (Å²) >= 11 is 5.80. The topological polar surface area (TPSA) is 45.8 Å². The van der Waals surface area contributed by atoms with Gasteiger partial charge in [0.1, 0.15) is 0 Å². The Bertz CT molecular complexity index is 791. The Morgan fingerprint density at radius 1 is 1.19 bits per heavy atom. The third kappa shape index (κ3) is 2.47. The lowest BCUT2D eigenvalue weighted by Gasteiger charge is -2.09. The summed E-state index contributed by atoms with van der Waals surface area (Å²) in [5, 5.41) is 0.539. The maximum Gasteiger partial charge on any atom is 0.449 e. The van der Waals surface area contributed by atoms with Crippen molar-refractivity contribution in [1.29, 1.82) is 0 Å². The average Bonchev–Trinajstić information content (AvgIpc) is 2.83. The highest BCUT2D eigenvalue weighted by atomic mass is 35.5. The van der Waals surface area contributed by atoms with Gasteiger partial charge in [-0.15, -0.1) is 0 Å². The molecule has 7 heteroatoms. The molecule has 2 aromatic rings. The van der Waals surface area contributed by atoms with Gasteiger partial charge in [0.15, 0.2) is 0 Å². The fourth-order valence-corrected chi connectivity index (χ4v) is 2.40. The molecule has 1 aliphatic carbocycles. The van der Waals surface area contributed by atoms with Gasteiger partial charge in [0.25, 0.3) is 5.56 Å². The number of fused-ring (bicyclic) bond motifs is 1.